The predicted octanol–water partition coefficient (Wildman–Crippen LogP) is 1.58. The van der Waals surface area contributed by atoms with E-state index < -0.39 is 30.2 Å². The molecule has 1 aliphatic heterocycles. The highest BCUT2D eigenvalue weighted by Gasteiger charge is 2.56. The van der Waals surface area contributed by atoms with Crippen molar-refractivity contribution in [3.8, 4) is 6.07 Å². The highest BCUT2D eigenvalue weighted by atomic mass is 16.5. The molecule has 3 amide bonds. The quantitative estimate of drug-likeness (QED) is 0.628. The third kappa shape index (κ3) is 3.46. The van der Waals surface area contributed by atoms with Crippen LogP contribution in [0.5, 0.6) is 0 Å². The Hall–Kier alpha value is -2.10. The number of nitrogens with one attached hydrogen (secondary N) is 1. The second-order valence-electron chi connectivity index (χ2n) is 7.52. The fourth-order valence-electron chi connectivity index (χ4n) is 4.04. The summed E-state index contributed by atoms with van der Waals surface area (Å²) < 4.78 is 4.82. The monoisotopic (exact) mass is 321 g/mol. The lowest BCUT2D eigenvalue weighted by molar-refractivity contribution is -0.150. The third-order valence-corrected chi connectivity index (χ3v) is 4.40. The van der Waals surface area contributed by atoms with E-state index in [-0.39, 0.29) is 11.3 Å². The van der Waals surface area contributed by atoms with Crippen molar-refractivity contribution in [2.75, 3.05) is 6.54 Å². The summed E-state index contributed by atoms with van der Waals surface area (Å²) >= 11 is 0. The van der Waals surface area contributed by atoms with Crippen molar-refractivity contribution in [1.82, 2.24) is 10.2 Å². The molecule has 0 unspecified atom stereocenters. The Balaban J connectivity index is 2.14. The predicted molar refractivity (Wildman–Crippen MR) is 80.9 cm³/mol. The summed E-state index contributed by atoms with van der Waals surface area (Å²) in [5, 5.41) is 11.4. The molecular weight excluding hydrogens is 298 g/mol. The van der Waals surface area contributed by atoms with Crippen molar-refractivity contribution >= 4 is 17.9 Å². The minimum atomic E-state index is -0.931. The van der Waals surface area contributed by atoms with E-state index in [9.17, 15) is 14.4 Å². The van der Waals surface area contributed by atoms with Crippen LogP contribution in [-0.2, 0) is 14.3 Å². The topological polar surface area (TPSA) is 99.5 Å². The maximum Gasteiger partial charge on any atom is 0.327 e. The minimum Gasteiger partial charge on any atom is -0.446 e. The second kappa shape index (κ2) is 5.84. The zero-order valence-corrected chi connectivity index (χ0v) is 14.0. The van der Waals surface area contributed by atoms with Crippen molar-refractivity contribution in [2.45, 2.75) is 58.6 Å². The van der Waals surface area contributed by atoms with Gasteiger partial charge in [-0.3, -0.25) is 14.5 Å². The van der Waals surface area contributed by atoms with Crippen molar-refractivity contribution in [2.24, 2.45) is 11.3 Å². The summed E-state index contributed by atoms with van der Waals surface area (Å²) in [5.41, 5.74) is -0.994. The normalized spacial score (nSPS) is 30.7. The van der Waals surface area contributed by atoms with Crippen molar-refractivity contribution in [3.63, 3.8) is 0 Å². The van der Waals surface area contributed by atoms with Crippen molar-refractivity contribution in [3.05, 3.63) is 0 Å². The van der Waals surface area contributed by atoms with Gasteiger partial charge in [0.1, 0.15) is 18.2 Å². The molecule has 0 aromatic carbocycles. The van der Waals surface area contributed by atoms with Gasteiger partial charge in [0.15, 0.2) is 6.10 Å². The van der Waals surface area contributed by atoms with Gasteiger partial charge in [0.25, 0.3) is 5.91 Å². The van der Waals surface area contributed by atoms with Crippen molar-refractivity contribution in [1.29, 1.82) is 5.26 Å². The van der Waals surface area contributed by atoms with Gasteiger partial charge in [0.2, 0.25) is 0 Å². The van der Waals surface area contributed by atoms with Crippen LogP contribution in [0.3, 0.4) is 0 Å². The highest BCUT2D eigenvalue weighted by molar-refractivity contribution is 6.08. The zero-order valence-electron chi connectivity index (χ0n) is 14.0. The van der Waals surface area contributed by atoms with Gasteiger partial charge >= 0.3 is 12.0 Å². The molecule has 0 aromatic heterocycles. The first-order valence-electron chi connectivity index (χ1n) is 7.82. The van der Waals surface area contributed by atoms with Crippen LogP contribution >= 0.6 is 0 Å². The molecule has 1 saturated heterocycles. The van der Waals surface area contributed by atoms with Gasteiger partial charge in [0, 0.05) is 0 Å². The standard InChI is InChI=1S/C16H23N3O4/c1-10-5-15(3,4)9-16(6-10)13(21)19(14(22)18-16)8-12(20)23-11(2)7-17/h10-11H,5-6,8-9H2,1-4H3,(H,18,22)/t10-,11-,16+/m0/s1. The molecule has 1 aliphatic carbocycles. The Morgan fingerprint density at radius 3 is 2.70 bits per heavy atom. The lowest BCUT2D eigenvalue weighted by atomic mass is 9.64. The number of rotatable bonds is 3. The van der Waals surface area contributed by atoms with Crippen LogP contribution in [-0.4, -0.2) is 41.0 Å². The molecule has 0 aromatic rings. The van der Waals surface area contributed by atoms with E-state index in [0.29, 0.717) is 18.8 Å². The Kier molecular flexibility index (Phi) is 4.38. The van der Waals surface area contributed by atoms with Gasteiger partial charge in [-0.15, -0.1) is 0 Å². The fourth-order valence-corrected chi connectivity index (χ4v) is 4.04. The van der Waals surface area contributed by atoms with E-state index >= 15 is 0 Å². The molecule has 23 heavy (non-hydrogen) atoms. The van der Waals surface area contributed by atoms with Gasteiger partial charge in [-0.25, -0.2) is 4.79 Å². The Morgan fingerprint density at radius 1 is 1.48 bits per heavy atom. The SMILES string of the molecule is C[C@H]1CC(C)(C)C[C@@]2(C1)NC(=O)N(CC(=O)O[C@@H](C)C#N)C2=O. The molecule has 2 rings (SSSR count). The second-order valence-corrected chi connectivity index (χ2v) is 7.52. The van der Waals surface area contributed by atoms with E-state index in [4.69, 9.17) is 10.00 Å². The molecule has 3 atom stereocenters. The molecule has 0 bridgehead atoms. The van der Waals surface area contributed by atoms with Gasteiger partial charge < -0.3 is 10.1 Å². The number of carbonyl (C=O) groups excluding carboxylic acids is 3. The maximum absolute atomic E-state index is 12.8. The number of urea groups is 1. The lowest BCUT2D eigenvalue weighted by Crippen LogP contribution is -2.54. The number of carbonyl (C=O) groups is 3. The highest BCUT2D eigenvalue weighted by Crippen LogP contribution is 2.46. The zero-order chi connectivity index (χ0) is 17.4. The van der Waals surface area contributed by atoms with E-state index in [1.165, 1.54) is 6.92 Å². The number of esters is 1. The smallest absolute Gasteiger partial charge is 0.327 e. The van der Waals surface area contributed by atoms with Gasteiger partial charge in [-0.1, -0.05) is 20.8 Å². The van der Waals surface area contributed by atoms with Gasteiger partial charge in [-0.05, 0) is 37.5 Å². The average Bonchev–Trinajstić information content (AvgIpc) is 2.60. The van der Waals surface area contributed by atoms with Crippen LogP contribution in [0.25, 0.3) is 0 Å². The number of amides is 3. The lowest BCUT2D eigenvalue weighted by Gasteiger charge is -2.43. The van der Waals surface area contributed by atoms with Gasteiger partial charge in [-0.2, -0.15) is 5.26 Å². The number of nitriles is 1. The summed E-state index contributed by atoms with van der Waals surface area (Å²) in [6.07, 6.45) is 1.20. The first-order chi connectivity index (χ1) is 10.6. The molecule has 0 radical (unpaired) electrons. The first-order valence-corrected chi connectivity index (χ1v) is 7.82. The van der Waals surface area contributed by atoms with Gasteiger partial charge in [0.05, 0.1) is 0 Å². The van der Waals surface area contributed by atoms with Crippen LogP contribution in [0.2, 0.25) is 0 Å². The summed E-state index contributed by atoms with van der Waals surface area (Å²) in [5.74, 6) is -0.833. The van der Waals surface area contributed by atoms with Crippen LogP contribution in [0.4, 0.5) is 4.79 Å². The van der Waals surface area contributed by atoms with E-state index in [1.54, 1.807) is 6.07 Å². The fraction of sp³-hybridized carbons (Fsp3) is 0.750. The molecular formula is C16H23N3O4. The summed E-state index contributed by atoms with van der Waals surface area (Å²) in [4.78, 5) is 37.7. The molecule has 7 nitrogen and oxygen atoms in total. The molecule has 1 saturated carbocycles. The molecule has 126 valence electrons. The Bertz CT molecular complexity index is 580. The molecule has 1 spiro atoms. The number of ether oxygens (including phenoxy) is 1. The third-order valence-electron chi connectivity index (χ3n) is 4.40. The summed E-state index contributed by atoms with van der Waals surface area (Å²) in [7, 11) is 0. The van der Waals surface area contributed by atoms with Crippen LogP contribution in [0.1, 0.15) is 47.0 Å². The molecule has 1 heterocycles. The Morgan fingerprint density at radius 2 is 2.13 bits per heavy atom. The summed E-state index contributed by atoms with van der Waals surface area (Å²) in [6, 6.07) is 1.20. The summed E-state index contributed by atoms with van der Waals surface area (Å²) in [6.45, 7) is 7.18. The van der Waals surface area contributed by atoms with E-state index in [1.807, 2.05) is 0 Å². The molecule has 7 heteroatoms. The molecule has 2 fully saturated rings. The molecule has 2 aliphatic rings. The van der Waals surface area contributed by atoms with E-state index in [2.05, 4.69) is 26.1 Å². The number of hydrogen-bond donors (Lipinski definition) is 1. The number of hydrogen-bond acceptors (Lipinski definition) is 5. The van der Waals surface area contributed by atoms with Crippen LogP contribution < -0.4 is 5.32 Å². The van der Waals surface area contributed by atoms with Crippen LogP contribution in [0.15, 0.2) is 0 Å². The van der Waals surface area contributed by atoms with E-state index in [0.717, 1.165) is 11.3 Å². The minimum absolute atomic E-state index is 0.0630. The maximum atomic E-state index is 12.8. The number of imide groups is 1. The van der Waals surface area contributed by atoms with Crippen LogP contribution in [0, 0.1) is 22.7 Å². The average molecular weight is 321 g/mol. The van der Waals surface area contributed by atoms with Crippen molar-refractivity contribution < 1.29 is 19.1 Å². The Labute approximate surface area is 136 Å². The largest absolute Gasteiger partial charge is 0.446 e. The number of nitrogens with zero attached hydrogens (tertiary/aromatic N) is 2. The first kappa shape index (κ1) is 17.3. The molecule has 1 N–H and O–H groups in total.